The first-order valence-electron chi connectivity index (χ1n) is 7.10. The number of amides is 1. The molecule has 2 aromatic rings. The summed E-state index contributed by atoms with van der Waals surface area (Å²) in [5, 5.41) is 1.95. The molecule has 0 unspecified atom stereocenters. The maximum atomic E-state index is 12.3. The van der Waals surface area contributed by atoms with Gasteiger partial charge in [-0.15, -0.1) is 11.3 Å². The molecule has 1 aliphatic heterocycles. The molecule has 0 radical (unpaired) electrons. The third kappa shape index (κ3) is 3.61. The Morgan fingerprint density at radius 2 is 1.86 bits per heavy atom. The summed E-state index contributed by atoms with van der Waals surface area (Å²) in [7, 11) is 1.68. The van der Waals surface area contributed by atoms with Crippen molar-refractivity contribution < 1.29 is 26.8 Å². The number of halogens is 1. The predicted octanol–water partition coefficient (Wildman–Crippen LogP) is -1.57. The number of hydrogen-bond donors (Lipinski definition) is 1. The number of nitrogens with zero attached hydrogens (tertiary/aromatic N) is 1. The fourth-order valence-corrected chi connectivity index (χ4v) is 3.34. The quantitative estimate of drug-likeness (QED) is 0.734. The number of methoxy groups -OCH3 is 1. The van der Waals surface area contributed by atoms with Crippen molar-refractivity contribution in [2.24, 2.45) is 0 Å². The number of nitrogens with one attached hydrogen (secondary N) is 1. The lowest BCUT2D eigenvalue weighted by Gasteiger charge is -2.31. The van der Waals surface area contributed by atoms with Gasteiger partial charge in [0.05, 0.1) is 38.2 Å². The van der Waals surface area contributed by atoms with Crippen LogP contribution in [0.4, 0.5) is 5.69 Å². The molecular weight excluding hydrogens is 320 g/mol. The SMILES string of the molecule is COc1ccc([NH+]2CCN(C(=O)c3cccs3)CC2)cc1.[Cl-]. The fraction of sp³-hybridized carbons (Fsp3) is 0.312. The molecule has 22 heavy (non-hydrogen) atoms. The van der Waals surface area contributed by atoms with Crippen molar-refractivity contribution in [3.63, 3.8) is 0 Å². The van der Waals surface area contributed by atoms with Gasteiger partial charge in [-0.1, -0.05) is 6.07 Å². The van der Waals surface area contributed by atoms with Gasteiger partial charge in [0.1, 0.15) is 11.4 Å². The standard InChI is InChI=1S/C16H18N2O2S.ClH/c1-20-14-6-4-13(5-7-14)17-8-10-18(11-9-17)16(19)15-3-2-12-21-15;/h2-7,12H,8-11H2,1H3;1H. The van der Waals surface area contributed by atoms with Crippen LogP contribution in [0.1, 0.15) is 9.67 Å². The van der Waals surface area contributed by atoms with Crippen LogP contribution in [0, 0.1) is 0 Å². The highest BCUT2D eigenvalue weighted by molar-refractivity contribution is 7.12. The van der Waals surface area contributed by atoms with E-state index in [1.54, 1.807) is 7.11 Å². The van der Waals surface area contributed by atoms with Crippen molar-refractivity contribution in [3.8, 4) is 5.75 Å². The zero-order valence-corrected chi connectivity index (χ0v) is 14.0. The summed E-state index contributed by atoms with van der Waals surface area (Å²) in [6.07, 6.45) is 0. The van der Waals surface area contributed by atoms with Gasteiger partial charge in [0.25, 0.3) is 5.91 Å². The first kappa shape index (κ1) is 16.8. The van der Waals surface area contributed by atoms with Gasteiger partial charge in [-0.25, -0.2) is 0 Å². The zero-order valence-electron chi connectivity index (χ0n) is 12.4. The first-order chi connectivity index (χ1) is 10.3. The van der Waals surface area contributed by atoms with Gasteiger partial charge >= 0.3 is 0 Å². The molecule has 0 saturated carbocycles. The maximum Gasteiger partial charge on any atom is 0.264 e. The number of thiophene rings is 1. The van der Waals surface area contributed by atoms with Gasteiger partial charge in [-0.05, 0) is 23.6 Å². The van der Waals surface area contributed by atoms with Gasteiger partial charge in [0, 0.05) is 12.1 Å². The second-order valence-electron chi connectivity index (χ2n) is 5.10. The van der Waals surface area contributed by atoms with Gasteiger partial charge in [-0.2, -0.15) is 0 Å². The Bertz CT molecular complexity index is 593. The van der Waals surface area contributed by atoms with Crippen LogP contribution >= 0.6 is 11.3 Å². The van der Waals surface area contributed by atoms with Crippen LogP contribution in [0.15, 0.2) is 41.8 Å². The summed E-state index contributed by atoms with van der Waals surface area (Å²) < 4.78 is 5.19. The highest BCUT2D eigenvalue weighted by Gasteiger charge is 2.25. The normalized spacial score (nSPS) is 15.2. The number of hydrogen-bond acceptors (Lipinski definition) is 3. The molecule has 118 valence electrons. The van der Waals surface area contributed by atoms with E-state index in [0.717, 1.165) is 36.8 Å². The summed E-state index contributed by atoms with van der Waals surface area (Å²) in [5.74, 6) is 1.04. The first-order valence-corrected chi connectivity index (χ1v) is 7.98. The number of carbonyl (C=O) groups excluding carboxylic acids is 1. The van der Waals surface area contributed by atoms with Crippen molar-refractivity contribution in [2.75, 3.05) is 33.3 Å². The summed E-state index contributed by atoms with van der Waals surface area (Å²) in [6.45, 7) is 3.50. The Hall–Kier alpha value is -1.56. The number of quaternary nitrogens is 1. The van der Waals surface area contributed by atoms with Gasteiger partial charge in [-0.3, -0.25) is 9.69 Å². The van der Waals surface area contributed by atoms with Crippen LogP contribution in [-0.2, 0) is 0 Å². The van der Waals surface area contributed by atoms with Crippen molar-refractivity contribution in [1.82, 2.24) is 4.90 Å². The Morgan fingerprint density at radius 3 is 2.41 bits per heavy atom. The minimum Gasteiger partial charge on any atom is -1.00 e. The Balaban J connectivity index is 0.00000176. The Labute approximate surface area is 140 Å². The molecule has 2 heterocycles. The van der Waals surface area contributed by atoms with E-state index in [1.165, 1.54) is 21.9 Å². The van der Waals surface area contributed by atoms with Crippen LogP contribution in [-0.4, -0.2) is 44.1 Å². The summed E-state index contributed by atoms with van der Waals surface area (Å²) >= 11 is 1.51. The minimum absolute atomic E-state index is 0. The summed E-state index contributed by atoms with van der Waals surface area (Å²) in [4.78, 5) is 16.5. The fourth-order valence-electron chi connectivity index (χ4n) is 2.65. The average Bonchev–Trinajstić information content (AvgIpc) is 3.09. The van der Waals surface area contributed by atoms with Gasteiger partial charge in [0.2, 0.25) is 0 Å². The van der Waals surface area contributed by atoms with E-state index in [1.807, 2.05) is 34.5 Å². The second kappa shape index (κ2) is 7.63. The van der Waals surface area contributed by atoms with Crippen LogP contribution in [0.3, 0.4) is 0 Å². The molecule has 1 aromatic heterocycles. The topological polar surface area (TPSA) is 34.0 Å². The Morgan fingerprint density at radius 1 is 1.18 bits per heavy atom. The minimum atomic E-state index is 0. The van der Waals surface area contributed by atoms with Crippen LogP contribution < -0.4 is 22.0 Å². The number of benzene rings is 1. The van der Waals surface area contributed by atoms with E-state index in [-0.39, 0.29) is 18.3 Å². The molecule has 6 heteroatoms. The molecule has 1 aromatic carbocycles. The zero-order chi connectivity index (χ0) is 14.7. The molecule has 0 atom stereocenters. The van der Waals surface area contributed by atoms with Gasteiger partial charge in [0.15, 0.2) is 0 Å². The Kier molecular flexibility index (Phi) is 5.83. The molecular formula is C16H19ClN2O2S. The molecule has 1 N–H and O–H groups in total. The highest BCUT2D eigenvalue weighted by Crippen LogP contribution is 2.14. The van der Waals surface area contributed by atoms with E-state index in [4.69, 9.17) is 4.74 Å². The van der Waals surface area contributed by atoms with Crippen molar-refractivity contribution >= 4 is 22.9 Å². The number of carbonyl (C=O) groups is 1. The van der Waals surface area contributed by atoms with Crippen LogP contribution in [0.25, 0.3) is 0 Å². The van der Waals surface area contributed by atoms with Crippen molar-refractivity contribution in [2.45, 2.75) is 0 Å². The van der Waals surface area contributed by atoms with E-state index in [0.29, 0.717) is 0 Å². The lowest BCUT2D eigenvalue weighted by Crippen LogP contribution is -3.10. The van der Waals surface area contributed by atoms with Crippen molar-refractivity contribution in [1.29, 1.82) is 0 Å². The maximum absolute atomic E-state index is 12.3. The van der Waals surface area contributed by atoms with Crippen LogP contribution in [0.2, 0.25) is 0 Å². The van der Waals surface area contributed by atoms with Crippen molar-refractivity contribution in [3.05, 3.63) is 46.7 Å². The van der Waals surface area contributed by atoms with E-state index in [9.17, 15) is 4.79 Å². The van der Waals surface area contributed by atoms with E-state index in [2.05, 4.69) is 12.1 Å². The summed E-state index contributed by atoms with van der Waals surface area (Å²) in [5.41, 5.74) is 1.26. The molecule has 1 saturated heterocycles. The molecule has 0 spiro atoms. The molecule has 0 bridgehead atoms. The van der Waals surface area contributed by atoms with E-state index < -0.39 is 0 Å². The largest absolute Gasteiger partial charge is 1.00 e. The number of rotatable bonds is 3. The smallest absolute Gasteiger partial charge is 0.264 e. The lowest BCUT2D eigenvalue weighted by atomic mass is 10.2. The number of piperazine rings is 1. The second-order valence-corrected chi connectivity index (χ2v) is 6.05. The summed E-state index contributed by atoms with van der Waals surface area (Å²) in [6, 6.07) is 12.0. The molecule has 1 aliphatic rings. The molecule has 3 rings (SSSR count). The van der Waals surface area contributed by atoms with Crippen LogP contribution in [0.5, 0.6) is 5.75 Å². The lowest BCUT2D eigenvalue weighted by molar-refractivity contribution is -0.837. The van der Waals surface area contributed by atoms with E-state index >= 15 is 0 Å². The molecule has 1 amide bonds. The number of ether oxygens (including phenoxy) is 1. The third-order valence-corrected chi connectivity index (χ3v) is 4.74. The molecule has 4 nitrogen and oxygen atoms in total. The van der Waals surface area contributed by atoms with Gasteiger partial charge < -0.3 is 22.0 Å². The molecule has 1 fully saturated rings. The molecule has 0 aliphatic carbocycles. The third-order valence-electron chi connectivity index (χ3n) is 3.88. The highest BCUT2D eigenvalue weighted by atomic mass is 35.5. The predicted molar refractivity (Wildman–Crippen MR) is 83.6 cm³/mol. The average molecular weight is 339 g/mol. The monoisotopic (exact) mass is 338 g/mol.